The third kappa shape index (κ3) is 7.12. The molecule has 9 heteroatoms. The first-order valence-corrected chi connectivity index (χ1v) is 12.6. The number of carbonyl (C=O) groups excluding carboxylic acids is 1. The van der Waals surface area contributed by atoms with Gasteiger partial charge in [-0.2, -0.15) is 0 Å². The fraction of sp³-hybridized carbons (Fsp3) is 0.409. The second kappa shape index (κ2) is 10.3. The summed E-state index contributed by atoms with van der Waals surface area (Å²) in [5, 5.41) is 3.13. The molecule has 0 unspecified atom stereocenters. The minimum atomic E-state index is -3.47. The van der Waals surface area contributed by atoms with Crippen LogP contribution in [0.15, 0.2) is 42.5 Å². The Kier molecular flexibility index (Phi) is 7.80. The van der Waals surface area contributed by atoms with E-state index < -0.39 is 10.0 Å². The largest absolute Gasteiger partial charge is 0.369 e. The molecule has 7 nitrogen and oxygen atoms in total. The zero-order valence-electron chi connectivity index (χ0n) is 17.9. The number of benzene rings is 2. The summed E-state index contributed by atoms with van der Waals surface area (Å²) in [7, 11) is -3.47. The number of nitrogens with zero attached hydrogens (tertiary/aromatic N) is 2. The molecule has 0 radical (unpaired) electrons. The average molecular weight is 465 g/mol. The summed E-state index contributed by atoms with van der Waals surface area (Å²) in [6.45, 7) is 7.57. The van der Waals surface area contributed by atoms with Crippen molar-refractivity contribution in [2.24, 2.45) is 0 Å². The summed E-state index contributed by atoms with van der Waals surface area (Å²) in [4.78, 5) is 17.2. The third-order valence-electron chi connectivity index (χ3n) is 5.20. The number of rotatable bonds is 8. The van der Waals surface area contributed by atoms with Crippen LogP contribution < -0.4 is 14.9 Å². The Morgan fingerprint density at radius 2 is 1.84 bits per heavy atom. The van der Waals surface area contributed by atoms with Crippen LogP contribution in [0.25, 0.3) is 0 Å². The zero-order chi connectivity index (χ0) is 22.4. The van der Waals surface area contributed by atoms with E-state index in [0.29, 0.717) is 12.1 Å². The molecule has 0 aromatic heterocycles. The van der Waals surface area contributed by atoms with Crippen molar-refractivity contribution in [1.29, 1.82) is 0 Å². The maximum atomic E-state index is 12.4. The fourth-order valence-corrected chi connectivity index (χ4v) is 4.39. The van der Waals surface area contributed by atoms with E-state index in [4.69, 9.17) is 11.6 Å². The highest BCUT2D eigenvalue weighted by Gasteiger charge is 2.17. The summed E-state index contributed by atoms with van der Waals surface area (Å²) in [5.74, 6) is -0.252. The minimum absolute atomic E-state index is 0.197. The van der Waals surface area contributed by atoms with Gasteiger partial charge in [-0.1, -0.05) is 23.7 Å². The highest BCUT2D eigenvalue weighted by Crippen LogP contribution is 2.24. The van der Waals surface area contributed by atoms with Gasteiger partial charge in [0.1, 0.15) is 0 Å². The number of hydrogen-bond donors (Lipinski definition) is 2. The van der Waals surface area contributed by atoms with E-state index in [9.17, 15) is 13.2 Å². The topological polar surface area (TPSA) is 81.8 Å². The molecule has 1 heterocycles. The van der Waals surface area contributed by atoms with Gasteiger partial charge in [-0.25, -0.2) is 8.42 Å². The van der Waals surface area contributed by atoms with E-state index in [1.807, 2.05) is 0 Å². The molecule has 2 aromatic rings. The molecule has 1 aliphatic rings. The lowest BCUT2D eigenvalue weighted by molar-refractivity contribution is 0.0951. The second-order valence-electron chi connectivity index (χ2n) is 7.85. The van der Waals surface area contributed by atoms with Gasteiger partial charge in [-0.3, -0.25) is 14.4 Å². The molecule has 0 saturated carbocycles. The highest BCUT2D eigenvalue weighted by atomic mass is 35.5. The van der Waals surface area contributed by atoms with Crippen molar-refractivity contribution in [3.8, 4) is 0 Å². The van der Waals surface area contributed by atoms with Crippen molar-refractivity contribution in [2.45, 2.75) is 13.3 Å². The number of amides is 1. The maximum Gasteiger partial charge on any atom is 0.251 e. The van der Waals surface area contributed by atoms with Crippen LogP contribution in [0.2, 0.25) is 5.02 Å². The van der Waals surface area contributed by atoms with Crippen molar-refractivity contribution in [2.75, 3.05) is 55.1 Å². The highest BCUT2D eigenvalue weighted by molar-refractivity contribution is 7.92. The Balaban J connectivity index is 1.41. The molecule has 1 aliphatic heterocycles. The van der Waals surface area contributed by atoms with Crippen LogP contribution in [0.3, 0.4) is 0 Å². The Hall–Kier alpha value is -2.29. The monoisotopic (exact) mass is 464 g/mol. The van der Waals surface area contributed by atoms with E-state index in [1.165, 1.54) is 23.4 Å². The molecule has 0 atom stereocenters. The molecule has 1 fully saturated rings. The van der Waals surface area contributed by atoms with Crippen molar-refractivity contribution in [3.05, 3.63) is 58.6 Å². The first-order chi connectivity index (χ1) is 14.7. The Morgan fingerprint density at radius 1 is 1.10 bits per heavy atom. The second-order valence-corrected chi connectivity index (χ2v) is 10.0. The molecule has 31 heavy (non-hydrogen) atoms. The van der Waals surface area contributed by atoms with Gasteiger partial charge in [0.15, 0.2) is 0 Å². The van der Waals surface area contributed by atoms with Gasteiger partial charge in [0, 0.05) is 44.0 Å². The Labute approximate surface area is 189 Å². The normalized spacial score (nSPS) is 15.0. The van der Waals surface area contributed by atoms with Crippen molar-refractivity contribution in [3.63, 3.8) is 0 Å². The SMILES string of the molecule is Cc1cccc(N2CCN(CCCNC(=O)c3ccc(Cl)c(NS(C)(=O)=O)c3)CC2)c1. The molecule has 2 N–H and O–H groups in total. The van der Waals surface area contributed by atoms with Crippen LogP contribution in [0, 0.1) is 6.92 Å². The molecular formula is C22H29ClN4O3S. The third-order valence-corrected chi connectivity index (χ3v) is 6.12. The van der Waals surface area contributed by atoms with Gasteiger partial charge in [-0.15, -0.1) is 0 Å². The molecule has 0 aliphatic carbocycles. The van der Waals surface area contributed by atoms with E-state index >= 15 is 0 Å². The number of anilines is 2. The van der Waals surface area contributed by atoms with Crippen LogP contribution >= 0.6 is 11.6 Å². The number of piperazine rings is 1. The summed E-state index contributed by atoms with van der Waals surface area (Å²) in [5.41, 5.74) is 3.11. The van der Waals surface area contributed by atoms with Crippen LogP contribution in [0.5, 0.6) is 0 Å². The predicted molar refractivity (Wildman–Crippen MR) is 127 cm³/mol. The summed E-state index contributed by atoms with van der Waals surface area (Å²) in [6.07, 6.45) is 1.88. The number of carbonyl (C=O) groups is 1. The molecule has 2 aromatic carbocycles. The Morgan fingerprint density at radius 3 is 2.52 bits per heavy atom. The van der Waals surface area contributed by atoms with Gasteiger partial charge in [-0.05, 0) is 55.8 Å². The van der Waals surface area contributed by atoms with Gasteiger partial charge >= 0.3 is 0 Å². The first-order valence-electron chi connectivity index (χ1n) is 10.3. The molecule has 1 saturated heterocycles. The summed E-state index contributed by atoms with van der Waals surface area (Å²) >= 11 is 6.01. The molecular weight excluding hydrogens is 436 g/mol. The number of sulfonamides is 1. The van der Waals surface area contributed by atoms with Crippen LogP contribution in [-0.4, -0.2) is 64.7 Å². The summed E-state index contributed by atoms with van der Waals surface area (Å²) < 4.78 is 25.2. The number of halogens is 1. The lowest BCUT2D eigenvalue weighted by Gasteiger charge is -2.36. The van der Waals surface area contributed by atoms with Crippen LogP contribution in [0.1, 0.15) is 22.3 Å². The molecule has 3 rings (SSSR count). The van der Waals surface area contributed by atoms with Gasteiger partial charge < -0.3 is 10.2 Å². The molecule has 0 bridgehead atoms. The van der Waals surface area contributed by atoms with Crippen LogP contribution in [0.4, 0.5) is 11.4 Å². The van der Waals surface area contributed by atoms with Crippen molar-refractivity contribution < 1.29 is 13.2 Å². The van der Waals surface area contributed by atoms with Crippen molar-refractivity contribution in [1.82, 2.24) is 10.2 Å². The van der Waals surface area contributed by atoms with Crippen molar-refractivity contribution >= 4 is 38.9 Å². The maximum absolute atomic E-state index is 12.4. The van der Waals surface area contributed by atoms with Gasteiger partial charge in [0.25, 0.3) is 5.91 Å². The van der Waals surface area contributed by atoms with E-state index in [2.05, 4.69) is 51.0 Å². The molecule has 0 spiro atoms. The smallest absolute Gasteiger partial charge is 0.251 e. The number of hydrogen-bond acceptors (Lipinski definition) is 5. The quantitative estimate of drug-likeness (QED) is 0.587. The number of nitrogens with one attached hydrogen (secondary N) is 2. The minimum Gasteiger partial charge on any atom is -0.369 e. The summed E-state index contributed by atoms with van der Waals surface area (Å²) in [6, 6.07) is 13.1. The number of aryl methyl sites for hydroxylation is 1. The van der Waals surface area contributed by atoms with E-state index in [-0.39, 0.29) is 16.6 Å². The van der Waals surface area contributed by atoms with Gasteiger partial charge in [0.2, 0.25) is 10.0 Å². The zero-order valence-corrected chi connectivity index (χ0v) is 19.5. The average Bonchev–Trinajstić information content (AvgIpc) is 2.72. The molecule has 1 amide bonds. The lowest BCUT2D eigenvalue weighted by Crippen LogP contribution is -2.47. The molecule has 168 valence electrons. The first kappa shape index (κ1) is 23.4. The van der Waals surface area contributed by atoms with E-state index in [1.54, 1.807) is 6.07 Å². The standard InChI is InChI=1S/C22H29ClN4O3S/c1-17-5-3-6-19(15-17)27-13-11-26(12-14-27)10-4-9-24-22(28)18-7-8-20(23)21(16-18)25-31(2,29)30/h3,5-8,15-16,25H,4,9-14H2,1-2H3,(H,24,28). The van der Waals surface area contributed by atoms with E-state index in [0.717, 1.165) is 45.4 Å². The van der Waals surface area contributed by atoms with Crippen LogP contribution in [-0.2, 0) is 10.0 Å². The Bertz CT molecular complexity index is 1020. The fourth-order valence-electron chi connectivity index (χ4n) is 3.61. The lowest BCUT2D eigenvalue weighted by atomic mass is 10.2. The van der Waals surface area contributed by atoms with Gasteiger partial charge in [0.05, 0.1) is 17.0 Å². The predicted octanol–water partition coefficient (Wildman–Crippen LogP) is 2.96.